The lowest BCUT2D eigenvalue weighted by Crippen LogP contribution is -2.70. The number of Topliss-reactive ketones (excluding diaryl/α,β-unsaturated/α-hetero) is 1. The van der Waals surface area contributed by atoms with Crippen LogP contribution < -0.4 is 0 Å². The second-order valence-electron chi connectivity index (χ2n) is 4.14. The summed E-state index contributed by atoms with van der Waals surface area (Å²) in [5.41, 5.74) is -2.51. The molecule has 17 heavy (non-hydrogen) atoms. The molecule has 5 atom stereocenters. The molecule has 1 saturated heterocycles. The molecule has 0 bridgehead atoms. The van der Waals surface area contributed by atoms with Crippen molar-refractivity contribution >= 4 is 5.78 Å². The molecule has 1 heterocycles. The number of rotatable bonds is 4. The Hall–Kier alpha value is -0.570. The molecule has 7 heteroatoms. The number of carbonyl (C=O) groups excluding carboxylic acids is 1. The smallest absolute Gasteiger partial charge is 0.184 e. The van der Waals surface area contributed by atoms with Crippen LogP contribution in [0.2, 0.25) is 0 Å². The van der Waals surface area contributed by atoms with Gasteiger partial charge in [0.05, 0.1) is 6.61 Å². The van der Waals surface area contributed by atoms with Crippen LogP contribution >= 0.6 is 0 Å². The van der Waals surface area contributed by atoms with Crippen molar-refractivity contribution < 1.29 is 35.1 Å². The molecule has 100 valence electrons. The van der Waals surface area contributed by atoms with E-state index >= 15 is 0 Å². The largest absolute Gasteiger partial charge is 0.394 e. The Morgan fingerprint density at radius 2 is 1.88 bits per heavy atom. The maximum Gasteiger partial charge on any atom is 0.184 e. The molecule has 0 amide bonds. The molecule has 0 aromatic heterocycles. The van der Waals surface area contributed by atoms with Crippen LogP contribution in [-0.2, 0) is 9.53 Å². The molecule has 0 radical (unpaired) electrons. The molecule has 1 aliphatic heterocycles. The minimum absolute atomic E-state index is 0.0600. The summed E-state index contributed by atoms with van der Waals surface area (Å²) in [6.45, 7) is 1.01. The maximum absolute atomic E-state index is 11.7. The van der Waals surface area contributed by atoms with Gasteiger partial charge in [-0.15, -0.1) is 0 Å². The maximum atomic E-state index is 11.7. The molecule has 1 rings (SSSR count). The number of aliphatic hydroxyl groups is 5. The van der Waals surface area contributed by atoms with Crippen LogP contribution in [0.5, 0.6) is 0 Å². The second kappa shape index (κ2) is 5.38. The Morgan fingerprint density at radius 1 is 1.29 bits per heavy atom. The van der Waals surface area contributed by atoms with Gasteiger partial charge >= 0.3 is 0 Å². The SMILES string of the molecule is CCCC(=O)[C@]1(O)[C@H](O)[C@@H](CO)OC(O)[C@@H]1O. The number of ketones is 1. The van der Waals surface area contributed by atoms with Gasteiger partial charge in [0.2, 0.25) is 0 Å². The van der Waals surface area contributed by atoms with Gasteiger partial charge in [0, 0.05) is 6.42 Å². The fourth-order valence-corrected chi connectivity index (χ4v) is 1.90. The molecule has 1 unspecified atom stereocenters. The van der Waals surface area contributed by atoms with Crippen molar-refractivity contribution in [3.63, 3.8) is 0 Å². The Bertz CT molecular complexity index is 282. The summed E-state index contributed by atoms with van der Waals surface area (Å²) < 4.78 is 4.68. The van der Waals surface area contributed by atoms with Crippen LogP contribution in [-0.4, -0.2) is 68.1 Å². The summed E-state index contributed by atoms with van der Waals surface area (Å²) in [7, 11) is 0. The van der Waals surface area contributed by atoms with Gasteiger partial charge < -0.3 is 30.3 Å². The summed E-state index contributed by atoms with van der Waals surface area (Å²) in [5.74, 6) is -0.791. The fraction of sp³-hybridized carbons (Fsp3) is 0.900. The van der Waals surface area contributed by atoms with Gasteiger partial charge in [0.25, 0.3) is 0 Å². The van der Waals surface area contributed by atoms with Crippen molar-refractivity contribution in [2.24, 2.45) is 0 Å². The Balaban J connectivity index is 3.02. The van der Waals surface area contributed by atoms with Gasteiger partial charge in [-0.3, -0.25) is 4.79 Å². The highest BCUT2D eigenvalue weighted by Gasteiger charge is 2.58. The summed E-state index contributed by atoms with van der Waals surface area (Å²) in [6, 6.07) is 0. The Labute approximate surface area is 98.3 Å². The molecular weight excluding hydrogens is 232 g/mol. The first kappa shape index (κ1) is 14.5. The highest BCUT2D eigenvalue weighted by atomic mass is 16.6. The van der Waals surface area contributed by atoms with E-state index in [0.717, 1.165) is 0 Å². The third-order valence-corrected chi connectivity index (χ3v) is 2.94. The van der Waals surface area contributed by atoms with E-state index in [4.69, 9.17) is 5.11 Å². The highest BCUT2D eigenvalue weighted by Crippen LogP contribution is 2.31. The number of hydrogen-bond donors (Lipinski definition) is 5. The third-order valence-electron chi connectivity index (χ3n) is 2.94. The number of ether oxygens (including phenoxy) is 1. The molecule has 0 aromatic rings. The minimum atomic E-state index is -2.51. The van der Waals surface area contributed by atoms with Crippen LogP contribution in [0.4, 0.5) is 0 Å². The molecule has 1 fully saturated rings. The number of hydrogen-bond acceptors (Lipinski definition) is 7. The summed E-state index contributed by atoms with van der Waals surface area (Å²) >= 11 is 0. The quantitative estimate of drug-likeness (QED) is 0.373. The van der Waals surface area contributed by atoms with Gasteiger partial charge in [-0.2, -0.15) is 0 Å². The average molecular weight is 250 g/mol. The van der Waals surface area contributed by atoms with Gasteiger partial charge in [-0.05, 0) is 6.42 Å². The first-order valence-corrected chi connectivity index (χ1v) is 5.45. The molecule has 5 N–H and O–H groups in total. The van der Waals surface area contributed by atoms with E-state index in [1.807, 2.05) is 0 Å². The van der Waals surface area contributed by atoms with Crippen LogP contribution in [0.15, 0.2) is 0 Å². The van der Waals surface area contributed by atoms with Crippen molar-refractivity contribution in [1.29, 1.82) is 0 Å². The van der Waals surface area contributed by atoms with Crippen molar-refractivity contribution in [2.75, 3.05) is 6.61 Å². The average Bonchev–Trinajstić information content (AvgIpc) is 2.31. The topological polar surface area (TPSA) is 127 Å². The number of aliphatic hydroxyl groups excluding tert-OH is 4. The standard InChI is InChI=1S/C10H18O7/c1-2-3-6(12)10(16)7(13)5(4-11)17-9(15)8(10)14/h5,7-9,11,13-16H,2-4H2,1H3/t5-,7-,8+,9?,10+/m1/s1. The summed E-state index contributed by atoms with van der Waals surface area (Å²) in [6.07, 6.45) is -6.53. The predicted molar refractivity (Wildman–Crippen MR) is 54.8 cm³/mol. The zero-order valence-electron chi connectivity index (χ0n) is 9.48. The fourth-order valence-electron chi connectivity index (χ4n) is 1.90. The molecule has 0 saturated carbocycles. The molecule has 0 aromatic carbocycles. The van der Waals surface area contributed by atoms with Crippen LogP contribution in [0.3, 0.4) is 0 Å². The van der Waals surface area contributed by atoms with E-state index < -0.39 is 42.6 Å². The molecule has 0 aliphatic carbocycles. The highest BCUT2D eigenvalue weighted by molar-refractivity contribution is 5.88. The molecule has 1 aliphatic rings. The van der Waals surface area contributed by atoms with E-state index in [9.17, 15) is 25.2 Å². The third kappa shape index (κ3) is 2.35. The van der Waals surface area contributed by atoms with E-state index in [1.54, 1.807) is 6.92 Å². The van der Waals surface area contributed by atoms with E-state index in [1.165, 1.54) is 0 Å². The van der Waals surface area contributed by atoms with Crippen molar-refractivity contribution in [3.8, 4) is 0 Å². The van der Waals surface area contributed by atoms with Crippen molar-refractivity contribution in [1.82, 2.24) is 0 Å². The lowest BCUT2D eigenvalue weighted by atomic mass is 9.79. The first-order chi connectivity index (χ1) is 7.89. The summed E-state index contributed by atoms with van der Waals surface area (Å²) in [5, 5.41) is 47.7. The van der Waals surface area contributed by atoms with E-state index in [0.29, 0.717) is 6.42 Å². The lowest BCUT2D eigenvalue weighted by Gasteiger charge is -2.45. The van der Waals surface area contributed by atoms with Gasteiger partial charge in [-0.25, -0.2) is 0 Å². The lowest BCUT2D eigenvalue weighted by molar-refractivity contribution is -0.311. The summed E-state index contributed by atoms with van der Waals surface area (Å²) in [4.78, 5) is 11.7. The first-order valence-electron chi connectivity index (χ1n) is 5.45. The van der Waals surface area contributed by atoms with E-state index in [-0.39, 0.29) is 6.42 Å². The van der Waals surface area contributed by atoms with Gasteiger partial charge in [0.15, 0.2) is 17.7 Å². The normalized spacial score (nSPS) is 42.5. The number of carbonyl (C=O) groups is 1. The van der Waals surface area contributed by atoms with Gasteiger partial charge in [-0.1, -0.05) is 6.92 Å². The van der Waals surface area contributed by atoms with Crippen LogP contribution in [0.1, 0.15) is 19.8 Å². The van der Waals surface area contributed by atoms with Crippen LogP contribution in [0, 0.1) is 0 Å². The zero-order valence-corrected chi connectivity index (χ0v) is 9.48. The van der Waals surface area contributed by atoms with Crippen molar-refractivity contribution in [3.05, 3.63) is 0 Å². The van der Waals surface area contributed by atoms with E-state index in [2.05, 4.69) is 4.74 Å². The Morgan fingerprint density at radius 3 is 2.35 bits per heavy atom. The molecular formula is C10H18O7. The van der Waals surface area contributed by atoms with Crippen LogP contribution in [0.25, 0.3) is 0 Å². The monoisotopic (exact) mass is 250 g/mol. The predicted octanol–water partition coefficient (Wildman–Crippen LogP) is -2.48. The second-order valence-corrected chi connectivity index (χ2v) is 4.14. The zero-order chi connectivity index (χ0) is 13.2. The minimum Gasteiger partial charge on any atom is -0.394 e. The molecule has 0 spiro atoms. The Kier molecular flexibility index (Phi) is 4.59. The van der Waals surface area contributed by atoms with Crippen molar-refractivity contribution in [2.45, 2.75) is 50.0 Å². The molecule has 7 nitrogen and oxygen atoms in total. The van der Waals surface area contributed by atoms with Gasteiger partial charge in [0.1, 0.15) is 18.3 Å².